The molecule has 1 fully saturated rings. The fraction of sp³-hybridized carbons (Fsp3) is 0.294. The summed E-state index contributed by atoms with van der Waals surface area (Å²) in [5.41, 5.74) is 2.33. The minimum absolute atomic E-state index is 0.0183. The van der Waals surface area contributed by atoms with E-state index >= 15 is 0 Å². The smallest absolute Gasteiger partial charge is 0.269 e. The topological polar surface area (TPSA) is 52.4 Å². The fourth-order valence-electron chi connectivity index (χ4n) is 2.79. The van der Waals surface area contributed by atoms with E-state index in [1.54, 1.807) is 24.3 Å². The van der Waals surface area contributed by atoms with Gasteiger partial charge in [-0.3, -0.25) is 10.1 Å². The average molecular weight is 283 g/mol. The molecule has 0 bridgehead atoms. The van der Waals surface area contributed by atoms with Gasteiger partial charge in [0.25, 0.3) is 5.69 Å². The van der Waals surface area contributed by atoms with Crippen molar-refractivity contribution in [3.63, 3.8) is 0 Å². The lowest BCUT2D eigenvalue weighted by Gasteiger charge is -2.30. The van der Waals surface area contributed by atoms with Crippen LogP contribution < -0.4 is 0 Å². The Kier molecular flexibility index (Phi) is 3.97. The number of nitro groups is 1. The first-order valence-electron chi connectivity index (χ1n) is 7.19. The summed E-state index contributed by atoms with van der Waals surface area (Å²) in [6.45, 7) is 0. The summed E-state index contributed by atoms with van der Waals surface area (Å²) in [5, 5.41) is 10.7. The molecule has 0 N–H and O–H groups in total. The lowest BCUT2D eigenvalue weighted by atomic mass is 9.95. The number of nitro benzene ring substituents is 1. The largest absolute Gasteiger partial charge is 0.366 e. The lowest BCUT2D eigenvalue weighted by molar-refractivity contribution is -0.384. The highest BCUT2D eigenvalue weighted by atomic mass is 16.6. The van der Waals surface area contributed by atoms with Crippen molar-refractivity contribution in [1.29, 1.82) is 0 Å². The number of rotatable bonds is 3. The highest BCUT2D eigenvalue weighted by Crippen LogP contribution is 2.38. The van der Waals surface area contributed by atoms with Gasteiger partial charge >= 0.3 is 0 Å². The maximum absolute atomic E-state index is 10.7. The Hall–Kier alpha value is -2.20. The quantitative estimate of drug-likeness (QED) is 0.612. The van der Waals surface area contributed by atoms with E-state index in [-0.39, 0.29) is 22.8 Å². The summed E-state index contributed by atoms with van der Waals surface area (Å²) in [6.07, 6.45) is 3.21. The molecule has 0 saturated carbocycles. The molecule has 108 valence electrons. The predicted octanol–water partition coefficient (Wildman–Crippen LogP) is 4.58. The highest BCUT2D eigenvalue weighted by Gasteiger charge is 2.25. The van der Waals surface area contributed by atoms with E-state index in [0.29, 0.717) is 0 Å². The van der Waals surface area contributed by atoms with E-state index in [9.17, 15) is 10.1 Å². The monoisotopic (exact) mass is 283 g/mol. The van der Waals surface area contributed by atoms with Gasteiger partial charge in [-0.15, -0.1) is 0 Å². The number of hydrogen-bond donors (Lipinski definition) is 0. The van der Waals surface area contributed by atoms with Crippen LogP contribution in [0.25, 0.3) is 0 Å². The summed E-state index contributed by atoms with van der Waals surface area (Å²) in [4.78, 5) is 10.3. The first-order chi connectivity index (χ1) is 10.2. The van der Waals surface area contributed by atoms with Crippen molar-refractivity contribution >= 4 is 5.69 Å². The minimum atomic E-state index is -0.377. The molecule has 4 nitrogen and oxygen atoms in total. The van der Waals surface area contributed by atoms with E-state index in [2.05, 4.69) is 12.1 Å². The molecule has 1 heterocycles. The maximum Gasteiger partial charge on any atom is 0.269 e. The molecule has 1 saturated heterocycles. The van der Waals surface area contributed by atoms with Crippen LogP contribution in [0.2, 0.25) is 0 Å². The zero-order valence-corrected chi connectivity index (χ0v) is 11.6. The van der Waals surface area contributed by atoms with Crippen molar-refractivity contribution in [3.05, 3.63) is 75.8 Å². The Labute approximate surface area is 123 Å². The van der Waals surface area contributed by atoms with E-state index in [1.165, 1.54) is 5.56 Å². The van der Waals surface area contributed by atoms with Crippen LogP contribution >= 0.6 is 0 Å². The second-order valence-corrected chi connectivity index (χ2v) is 5.30. The summed E-state index contributed by atoms with van der Waals surface area (Å²) in [6, 6.07) is 16.9. The second-order valence-electron chi connectivity index (χ2n) is 5.30. The van der Waals surface area contributed by atoms with Gasteiger partial charge in [-0.25, -0.2) is 0 Å². The standard InChI is InChI=1S/C17H17NO3/c19-18(20)15-11-9-14(10-12-15)17-8-4-7-16(21-17)13-5-2-1-3-6-13/h1-3,5-6,9-12,16-17H,4,7-8H2/t16-,17+/m0/s1. The molecule has 0 aromatic heterocycles. The van der Waals surface area contributed by atoms with Gasteiger partial charge in [0, 0.05) is 12.1 Å². The van der Waals surface area contributed by atoms with Gasteiger partial charge < -0.3 is 4.74 Å². The van der Waals surface area contributed by atoms with Gasteiger partial charge in [-0.2, -0.15) is 0 Å². The average Bonchev–Trinajstić information content (AvgIpc) is 2.56. The number of nitrogens with zero attached hydrogens (tertiary/aromatic N) is 1. The first kappa shape index (κ1) is 13.8. The van der Waals surface area contributed by atoms with Crippen LogP contribution in [0.3, 0.4) is 0 Å². The van der Waals surface area contributed by atoms with Crippen molar-refractivity contribution in [2.75, 3.05) is 0 Å². The minimum Gasteiger partial charge on any atom is -0.366 e. The van der Waals surface area contributed by atoms with Crippen LogP contribution in [0.1, 0.15) is 42.6 Å². The van der Waals surface area contributed by atoms with Crippen molar-refractivity contribution < 1.29 is 9.66 Å². The van der Waals surface area contributed by atoms with Crippen LogP contribution in [-0.2, 0) is 4.74 Å². The molecular formula is C17H17NO3. The van der Waals surface area contributed by atoms with Crippen molar-refractivity contribution in [2.45, 2.75) is 31.5 Å². The molecule has 2 aromatic rings. The molecule has 0 radical (unpaired) electrons. The van der Waals surface area contributed by atoms with Gasteiger partial charge in [0.2, 0.25) is 0 Å². The van der Waals surface area contributed by atoms with Gasteiger partial charge in [-0.05, 0) is 42.5 Å². The molecule has 0 unspecified atom stereocenters. The third-order valence-corrected chi connectivity index (χ3v) is 3.91. The summed E-state index contributed by atoms with van der Waals surface area (Å²) in [7, 11) is 0. The van der Waals surface area contributed by atoms with Gasteiger partial charge in [0.15, 0.2) is 0 Å². The number of non-ortho nitro benzene ring substituents is 1. The van der Waals surface area contributed by atoms with Gasteiger partial charge in [0.05, 0.1) is 17.1 Å². The molecule has 21 heavy (non-hydrogen) atoms. The summed E-state index contributed by atoms with van der Waals surface area (Å²) in [5.74, 6) is 0. The first-order valence-corrected chi connectivity index (χ1v) is 7.19. The number of benzene rings is 2. The number of ether oxygens (including phenoxy) is 1. The van der Waals surface area contributed by atoms with E-state index < -0.39 is 0 Å². The molecule has 1 aliphatic rings. The van der Waals surface area contributed by atoms with Crippen molar-refractivity contribution in [3.8, 4) is 0 Å². The zero-order valence-electron chi connectivity index (χ0n) is 11.6. The molecule has 2 aromatic carbocycles. The predicted molar refractivity (Wildman–Crippen MR) is 80.0 cm³/mol. The Morgan fingerprint density at radius 3 is 2.05 bits per heavy atom. The zero-order chi connectivity index (χ0) is 14.7. The molecule has 0 aliphatic carbocycles. The maximum atomic E-state index is 10.7. The molecule has 4 heteroatoms. The van der Waals surface area contributed by atoms with Crippen LogP contribution in [0.5, 0.6) is 0 Å². The van der Waals surface area contributed by atoms with E-state index in [4.69, 9.17) is 4.74 Å². The summed E-state index contributed by atoms with van der Waals surface area (Å²) >= 11 is 0. The molecule has 2 atom stereocenters. The highest BCUT2D eigenvalue weighted by molar-refractivity contribution is 5.34. The molecule has 0 spiro atoms. The Morgan fingerprint density at radius 2 is 1.48 bits per heavy atom. The van der Waals surface area contributed by atoms with E-state index in [1.807, 2.05) is 18.2 Å². The van der Waals surface area contributed by atoms with E-state index in [0.717, 1.165) is 24.8 Å². The Bertz CT molecular complexity index is 610. The fourth-order valence-corrected chi connectivity index (χ4v) is 2.79. The molecule has 1 aliphatic heterocycles. The molecule has 3 rings (SSSR count). The van der Waals surface area contributed by atoms with Crippen LogP contribution in [0.15, 0.2) is 54.6 Å². The van der Waals surface area contributed by atoms with Gasteiger partial charge in [0.1, 0.15) is 0 Å². The van der Waals surface area contributed by atoms with Crippen molar-refractivity contribution in [2.24, 2.45) is 0 Å². The SMILES string of the molecule is O=[N+]([O-])c1ccc([C@H]2CCC[C@@H](c3ccccc3)O2)cc1. The molecule has 0 amide bonds. The summed E-state index contributed by atoms with van der Waals surface area (Å²) < 4.78 is 6.19. The van der Waals surface area contributed by atoms with Crippen molar-refractivity contribution in [1.82, 2.24) is 0 Å². The van der Waals surface area contributed by atoms with Gasteiger partial charge in [-0.1, -0.05) is 30.3 Å². The van der Waals surface area contributed by atoms with Crippen LogP contribution in [-0.4, -0.2) is 4.92 Å². The molecular weight excluding hydrogens is 266 g/mol. The number of hydrogen-bond acceptors (Lipinski definition) is 3. The van der Waals surface area contributed by atoms with Crippen LogP contribution in [0, 0.1) is 10.1 Å². The third kappa shape index (κ3) is 3.11. The normalized spacial score (nSPS) is 21.9. The lowest BCUT2D eigenvalue weighted by Crippen LogP contribution is -2.16. The third-order valence-electron chi connectivity index (χ3n) is 3.91. The second kappa shape index (κ2) is 6.06. The Morgan fingerprint density at radius 1 is 0.905 bits per heavy atom. The van der Waals surface area contributed by atoms with Crippen LogP contribution in [0.4, 0.5) is 5.69 Å². The Balaban J connectivity index is 1.75.